The van der Waals surface area contributed by atoms with Gasteiger partial charge in [-0.2, -0.15) is 5.26 Å². The third-order valence-electron chi connectivity index (χ3n) is 5.93. The Hall–Kier alpha value is -4.39. The van der Waals surface area contributed by atoms with Crippen molar-refractivity contribution in [1.29, 1.82) is 5.26 Å². The van der Waals surface area contributed by atoms with E-state index in [0.717, 1.165) is 21.6 Å². The number of rotatable bonds is 6. The Morgan fingerprint density at radius 2 is 2.08 bits per heavy atom. The van der Waals surface area contributed by atoms with Gasteiger partial charge in [-0.15, -0.1) is 0 Å². The molecule has 0 spiro atoms. The van der Waals surface area contributed by atoms with E-state index in [1.165, 1.54) is 12.3 Å². The molecular weight excluding hydrogens is 468 g/mol. The largest absolute Gasteiger partial charge is 0.481 e. The zero-order valence-corrected chi connectivity index (χ0v) is 19.7. The molecule has 4 rings (SSSR count). The molecule has 2 amide bonds. The maximum atomic E-state index is 13.7. The summed E-state index contributed by atoms with van der Waals surface area (Å²) in [6, 6.07) is 11.2. The van der Waals surface area contributed by atoms with Crippen molar-refractivity contribution in [1.82, 2.24) is 20.2 Å². The molecule has 1 fully saturated rings. The molecule has 36 heavy (non-hydrogen) atoms. The fourth-order valence-corrected chi connectivity index (χ4v) is 4.07. The molecule has 0 bridgehead atoms. The van der Waals surface area contributed by atoms with E-state index in [4.69, 9.17) is 10.00 Å². The van der Waals surface area contributed by atoms with Gasteiger partial charge in [0.15, 0.2) is 0 Å². The molecule has 1 aliphatic rings. The number of carbonyl (C=O) groups excluding carboxylic acids is 2. The molecule has 1 N–H and O–H groups in total. The molecule has 0 unspecified atom stereocenters. The molecule has 0 aliphatic carbocycles. The predicted octanol–water partition coefficient (Wildman–Crippen LogP) is 3.69. The number of aromatic nitrogens is 2. The van der Waals surface area contributed by atoms with Crippen molar-refractivity contribution >= 4 is 34.4 Å². The number of benzene rings is 1. The molecule has 3 aromatic rings. The molecule has 8 nitrogen and oxygen atoms in total. The number of carbonyl (C=O) groups is 2. The molecule has 3 heterocycles. The zero-order chi connectivity index (χ0) is 25.9. The topological polar surface area (TPSA) is 108 Å². The Morgan fingerprint density at radius 3 is 2.78 bits per heavy atom. The molecule has 1 saturated heterocycles. The van der Waals surface area contributed by atoms with Gasteiger partial charge in [-0.1, -0.05) is 6.07 Å². The summed E-state index contributed by atoms with van der Waals surface area (Å²) in [5.74, 6) is -3.89. The fourth-order valence-electron chi connectivity index (χ4n) is 4.07. The molecule has 184 valence electrons. The Balaban J connectivity index is 1.53. The minimum atomic E-state index is -3.12. The number of pyridine rings is 2. The molecule has 0 saturated carbocycles. The third kappa shape index (κ3) is 5.30. The number of nitriles is 1. The van der Waals surface area contributed by atoms with Gasteiger partial charge in [0, 0.05) is 30.3 Å². The number of hydrogen-bond acceptors (Lipinski definition) is 6. The van der Waals surface area contributed by atoms with Crippen LogP contribution in [0.15, 0.2) is 48.8 Å². The molecule has 1 aliphatic heterocycles. The van der Waals surface area contributed by atoms with Gasteiger partial charge < -0.3 is 15.0 Å². The molecule has 1 atom stereocenters. The van der Waals surface area contributed by atoms with Gasteiger partial charge in [-0.25, -0.2) is 13.8 Å². The van der Waals surface area contributed by atoms with Crippen LogP contribution in [-0.4, -0.2) is 58.8 Å². The number of allylic oxidation sites excluding steroid dienone is 1. The number of hydrogen-bond donors (Lipinski definition) is 1. The Labute approximate surface area is 206 Å². The van der Waals surface area contributed by atoms with Crippen LogP contribution in [0.1, 0.15) is 34.8 Å². The first-order valence-corrected chi connectivity index (χ1v) is 11.1. The smallest absolute Gasteiger partial charge is 0.268 e. The number of amides is 2. The second kappa shape index (κ2) is 10.1. The third-order valence-corrected chi connectivity index (χ3v) is 5.93. The van der Waals surface area contributed by atoms with Crippen molar-refractivity contribution in [2.75, 3.05) is 20.2 Å². The maximum Gasteiger partial charge on any atom is 0.268 e. The van der Waals surface area contributed by atoms with Crippen molar-refractivity contribution in [3.63, 3.8) is 0 Å². The van der Waals surface area contributed by atoms with E-state index in [-0.39, 0.29) is 5.56 Å². The Kier molecular flexibility index (Phi) is 6.92. The second-order valence-corrected chi connectivity index (χ2v) is 8.46. The van der Waals surface area contributed by atoms with Crippen molar-refractivity contribution in [3.05, 3.63) is 65.5 Å². The number of alkyl halides is 2. The summed E-state index contributed by atoms with van der Waals surface area (Å²) in [5, 5.41) is 12.2. The van der Waals surface area contributed by atoms with E-state index in [0.29, 0.717) is 16.8 Å². The number of likely N-dealkylation sites (tertiary alicyclic amines) is 1. The lowest BCUT2D eigenvalue weighted by atomic mass is 10.00. The van der Waals surface area contributed by atoms with Crippen LogP contribution in [0.4, 0.5) is 8.78 Å². The van der Waals surface area contributed by atoms with Gasteiger partial charge in [0.1, 0.15) is 6.04 Å². The van der Waals surface area contributed by atoms with Crippen molar-refractivity contribution < 1.29 is 23.1 Å². The average Bonchev–Trinajstić information content (AvgIpc) is 3.21. The highest BCUT2D eigenvalue weighted by molar-refractivity contribution is 6.07. The summed E-state index contributed by atoms with van der Waals surface area (Å²) < 4.78 is 32.4. The number of nitrogens with zero attached hydrogens (tertiary/aromatic N) is 4. The quantitative estimate of drug-likeness (QED) is 0.564. The van der Waals surface area contributed by atoms with E-state index in [9.17, 15) is 18.4 Å². The van der Waals surface area contributed by atoms with Crippen LogP contribution in [0.2, 0.25) is 0 Å². The zero-order valence-electron chi connectivity index (χ0n) is 19.7. The summed E-state index contributed by atoms with van der Waals surface area (Å²) in [7, 11) is 1.55. The summed E-state index contributed by atoms with van der Waals surface area (Å²) in [4.78, 5) is 34.7. The van der Waals surface area contributed by atoms with Crippen LogP contribution >= 0.6 is 0 Å². The van der Waals surface area contributed by atoms with E-state index in [1.807, 2.05) is 31.2 Å². The van der Waals surface area contributed by atoms with Gasteiger partial charge in [-0.3, -0.25) is 14.6 Å². The first-order chi connectivity index (χ1) is 17.2. The van der Waals surface area contributed by atoms with Crippen molar-refractivity contribution in [3.8, 4) is 11.9 Å². The first kappa shape index (κ1) is 24.7. The summed E-state index contributed by atoms with van der Waals surface area (Å²) in [6.07, 6.45) is 4.41. The number of methoxy groups -OCH3 is 1. The Morgan fingerprint density at radius 1 is 1.28 bits per heavy atom. The van der Waals surface area contributed by atoms with Gasteiger partial charge in [0.2, 0.25) is 11.8 Å². The Bertz CT molecular complexity index is 1380. The minimum absolute atomic E-state index is 0.289. The number of nitrogens with one attached hydrogen (secondary N) is 1. The summed E-state index contributed by atoms with van der Waals surface area (Å²) in [5.41, 5.74) is 3.52. The molecule has 2 aromatic heterocycles. The number of ether oxygens (including phenoxy) is 1. The highest BCUT2D eigenvalue weighted by Gasteiger charge is 2.47. The maximum absolute atomic E-state index is 13.7. The van der Waals surface area contributed by atoms with Crippen molar-refractivity contribution in [2.45, 2.75) is 25.3 Å². The number of fused-ring (bicyclic) bond motifs is 1. The van der Waals surface area contributed by atoms with Gasteiger partial charge in [0.05, 0.1) is 37.3 Å². The van der Waals surface area contributed by atoms with Crippen LogP contribution in [0.25, 0.3) is 22.6 Å². The molecule has 1 aromatic carbocycles. The van der Waals surface area contributed by atoms with Crippen LogP contribution in [-0.2, 0) is 4.79 Å². The minimum Gasteiger partial charge on any atom is -0.481 e. The fraction of sp³-hybridized carbons (Fsp3) is 0.269. The van der Waals surface area contributed by atoms with E-state index in [1.54, 1.807) is 31.5 Å². The molecule has 0 radical (unpaired) electrons. The van der Waals surface area contributed by atoms with Gasteiger partial charge >= 0.3 is 0 Å². The molecule has 10 heteroatoms. The van der Waals surface area contributed by atoms with Gasteiger partial charge in [0.25, 0.3) is 11.8 Å². The lowest BCUT2D eigenvalue weighted by Gasteiger charge is -2.19. The normalized spacial score (nSPS) is 17.0. The highest BCUT2D eigenvalue weighted by atomic mass is 19.3. The lowest BCUT2D eigenvalue weighted by molar-refractivity contribution is -0.131. The van der Waals surface area contributed by atoms with Crippen LogP contribution < -0.4 is 10.1 Å². The van der Waals surface area contributed by atoms with Crippen LogP contribution in [0.5, 0.6) is 5.88 Å². The second-order valence-electron chi connectivity index (χ2n) is 8.46. The van der Waals surface area contributed by atoms with Crippen LogP contribution in [0.3, 0.4) is 0 Å². The standard InChI is InChI=1S/C26H23F2N5O3/c1-16(9-17-3-6-23(36-2)31-13-17)18-4-5-22-21(10-18)20(7-8-30-22)25(35)32-14-24(34)33-15-26(27,28)11-19(33)12-29/h3-10,13,19H,11,14-15H2,1-2H3,(H,32,35)/b16-9+/t19-/m0/s1. The monoisotopic (exact) mass is 491 g/mol. The summed E-state index contributed by atoms with van der Waals surface area (Å²) in [6.45, 7) is 0.592. The first-order valence-electron chi connectivity index (χ1n) is 11.1. The average molecular weight is 491 g/mol. The van der Waals surface area contributed by atoms with E-state index in [2.05, 4.69) is 15.3 Å². The van der Waals surface area contributed by atoms with Gasteiger partial charge in [-0.05, 0) is 54.0 Å². The lowest BCUT2D eigenvalue weighted by Crippen LogP contribution is -2.43. The highest BCUT2D eigenvalue weighted by Crippen LogP contribution is 2.31. The summed E-state index contributed by atoms with van der Waals surface area (Å²) >= 11 is 0. The number of halogens is 2. The molecular formula is C26H23F2N5O3. The van der Waals surface area contributed by atoms with Crippen LogP contribution in [0, 0.1) is 11.3 Å². The predicted molar refractivity (Wildman–Crippen MR) is 129 cm³/mol. The van der Waals surface area contributed by atoms with E-state index < -0.39 is 43.3 Å². The van der Waals surface area contributed by atoms with Crippen molar-refractivity contribution in [2.24, 2.45) is 0 Å². The SMILES string of the molecule is COc1ccc(/C=C(\C)c2ccc3nccc(C(=O)NCC(=O)N4CC(F)(F)C[C@H]4C#N)c3c2)cn1. The van der Waals surface area contributed by atoms with E-state index >= 15 is 0 Å².